The van der Waals surface area contributed by atoms with Crippen LogP contribution in [0.3, 0.4) is 0 Å². The molecule has 0 aliphatic carbocycles. The van der Waals surface area contributed by atoms with E-state index in [1.807, 2.05) is 33.8 Å². The Morgan fingerprint density at radius 1 is 1.18 bits per heavy atom. The summed E-state index contributed by atoms with van der Waals surface area (Å²) in [4.78, 5) is 4.28. The van der Waals surface area contributed by atoms with Crippen LogP contribution < -0.4 is 9.77 Å². The maximum Gasteiger partial charge on any atom is 0.496 e. The van der Waals surface area contributed by atoms with Crippen LogP contribution in [0.25, 0.3) is 0 Å². The van der Waals surface area contributed by atoms with E-state index in [2.05, 4.69) is 4.98 Å². The number of nitrogens with zero attached hydrogens (tertiary/aromatic N) is 2. The molecule has 1 aromatic rings. The molecular weight excluding hydrogens is 303 g/mol. The molecule has 120 valence electrons. The average molecular weight is 324 g/mol. The zero-order valence-electron chi connectivity index (χ0n) is 13.4. The molecule has 2 aliphatic heterocycles. The third-order valence-electron chi connectivity index (χ3n) is 4.65. The van der Waals surface area contributed by atoms with Gasteiger partial charge in [-0.3, -0.25) is 4.31 Å². The van der Waals surface area contributed by atoms with Gasteiger partial charge in [0.05, 0.1) is 17.0 Å². The summed E-state index contributed by atoms with van der Waals surface area (Å²) in [7, 11) is -3.69. The van der Waals surface area contributed by atoms with Gasteiger partial charge in [-0.25, -0.2) is 13.4 Å². The second kappa shape index (κ2) is 4.94. The van der Waals surface area contributed by atoms with Gasteiger partial charge in [0.1, 0.15) is 5.82 Å². The number of sulfonamides is 1. The zero-order valence-corrected chi connectivity index (χ0v) is 14.2. The van der Waals surface area contributed by atoms with Gasteiger partial charge in [0.2, 0.25) is 10.0 Å². The maximum atomic E-state index is 11.9. The fourth-order valence-electron chi connectivity index (χ4n) is 2.56. The van der Waals surface area contributed by atoms with Crippen LogP contribution in [0.2, 0.25) is 0 Å². The number of anilines is 1. The van der Waals surface area contributed by atoms with Crippen molar-refractivity contribution >= 4 is 28.4 Å². The van der Waals surface area contributed by atoms with E-state index in [0.29, 0.717) is 18.8 Å². The predicted octanol–water partition coefficient (Wildman–Crippen LogP) is 0.921. The van der Waals surface area contributed by atoms with Gasteiger partial charge in [-0.1, -0.05) is 6.07 Å². The van der Waals surface area contributed by atoms with Crippen molar-refractivity contribution in [2.45, 2.75) is 45.3 Å². The van der Waals surface area contributed by atoms with Gasteiger partial charge in [0, 0.05) is 18.2 Å². The Morgan fingerprint density at radius 3 is 2.27 bits per heavy atom. The van der Waals surface area contributed by atoms with Gasteiger partial charge in [-0.15, -0.1) is 0 Å². The van der Waals surface area contributed by atoms with E-state index in [9.17, 15) is 8.42 Å². The van der Waals surface area contributed by atoms with Crippen molar-refractivity contribution in [2.75, 3.05) is 16.6 Å². The van der Waals surface area contributed by atoms with Gasteiger partial charge in [-0.2, -0.15) is 0 Å². The average Bonchev–Trinajstić information content (AvgIpc) is 2.86. The lowest BCUT2D eigenvalue weighted by atomic mass is 9.80. The summed E-state index contributed by atoms with van der Waals surface area (Å²) in [6.07, 6.45) is 2.27. The van der Waals surface area contributed by atoms with Crippen LogP contribution >= 0.6 is 0 Å². The normalized spacial score (nSPS) is 25.6. The van der Waals surface area contributed by atoms with Gasteiger partial charge in [-0.05, 0) is 40.2 Å². The quantitative estimate of drug-likeness (QED) is 0.757. The maximum absolute atomic E-state index is 11.9. The van der Waals surface area contributed by atoms with Crippen LogP contribution in [0, 0.1) is 0 Å². The summed E-state index contributed by atoms with van der Waals surface area (Å²) in [5.74, 6) is 0.644. The molecule has 0 atom stereocenters. The molecule has 22 heavy (non-hydrogen) atoms. The first-order chi connectivity index (χ1) is 10.1. The number of rotatable bonds is 2. The molecule has 0 spiro atoms. The monoisotopic (exact) mass is 324 g/mol. The first kappa shape index (κ1) is 15.8. The van der Waals surface area contributed by atoms with Gasteiger partial charge in [0.25, 0.3) is 0 Å². The molecule has 0 aromatic carbocycles. The van der Waals surface area contributed by atoms with Gasteiger partial charge < -0.3 is 9.31 Å². The minimum Gasteiger partial charge on any atom is -0.399 e. The van der Waals surface area contributed by atoms with Crippen molar-refractivity contribution in [3.05, 3.63) is 18.3 Å². The Kier molecular flexibility index (Phi) is 3.54. The van der Waals surface area contributed by atoms with Crippen molar-refractivity contribution in [1.82, 2.24) is 4.98 Å². The number of pyridine rings is 1. The molecule has 0 amide bonds. The van der Waals surface area contributed by atoms with E-state index < -0.39 is 28.3 Å². The lowest BCUT2D eigenvalue weighted by Crippen LogP contribution is -2.41. The van der Waals surface area contributed by atoms with Crippen LogP contribution in [-0.2, 0) is 19.3 Å². The summed E-state index contributed by atoms with van der Waals surface area (Å²) in [6, 6.07) is 3.53. The third kappa shape index (κ3) is 2.53. The fourth-order valence-corrected chi connectivity index (χ4v) is 4.08. The summed E-state index contributed by atoms with van der Waals surface area (Å²) >= 11 is 0. The highest BCUT2D eigenvalue weighted by molar-refractivity contribution is 7.93. The SMILES string of the molecule is CC1(C)OB(c2ccc(N3CCCS3(=O)=O)nc2)OC1(C)C. The topological polar surface area (TPSA) is 68.7 Å². The van der Waals surface area contributed by atoms with Crippen LogP contribution in [0.15, 0.2) is 18.3 Å². The Bertz CT molecular complexity index is 657. The summed E-state index contributed by atoms with van der Waals surface area (Å²) in [6.45, 7) is 8.46. The van der Waals surface area contributed by atoms with Crippen LogP contribution in [0.1, 0.15) is 34.1 Å². The third-order valence-corrected chi connectivity index (χ3v) is 6.50. The van der Waals surface area contributed by atoms with Crippen LogP contribution in [-0.4, -0.2) is 44.0 Å². The van der Waals surface area contributed by atoms with E-state index in [-0.39, 0.29) is 5.75 Å². The van der Waals surface area contributed by atoms with Crippen LogP contribution in [0.5, 0.6) is 0 Å². The molecule has 3 heterocycles. The Labute approximate surface area is 132 Å². The summed E-state index contributed by atoms with van der Waals surface area (Å²) in [5, 5.41) is 0. The van der Waals surface area contributed by atoms with Gasteiger partial charge in [0.15, 0.2) is 0 Å². The molecule has 0 radical (unpaired) electrons. The molecule has 0 saturated carbocycles. The highest BCUT2D eigenvalue weighted by atomic mass is 32.2. The highest BCUT2D eigenvalue weighted by Crippen LogP contribution is 2.36. The van der Waals surface area contributed by atoms with Crippen molar-refractivity contribution in [2.24, 2.45) is 0 Å². The Hall–Kier alpha value is -1.12. The van der Waals surface area contributed by atoms with E-state index in [4.69, 9.17) is 9.31 Å². The first-order valence-corrected chi connectivity index (χ1v) is 9.05. The van der Waals surface area contributed by atoms with E-state index in [1.54, 1.807) is 12.3 Å². The van der Waals surface area contributed by atoms with Crippen molar-refractivity contribution < 1.29 is 17.7 Å². The van der Waals surface area contributed by atoms with E-state index in [0.717, 1.165) is 5.46 Å². The molecule has 2 aliphatic rings. The second-order valence-corrected chi connectivity index (χ2v) is 8.79. The summed E-state index contributed by atoms with van der Waals surface area (Å²) < 4.78 is 37.1. The Balaban J connectivity index is 1.82. The molecule has 0 unspecified atom stereocenters. The molecule has 6 nitrogen and oxygen atoms in total. The number of hydrogen-bond donors (Lipinski definition) is 0. The van der Waals surface area contributed by atoms with Crippen molar-refractivity contribution in [1.29, 1.82) is 0 Å². The Morgan fingerprint density at radius 2 is 1.82 bits per heavy atom. The second-order valence-electron chi connectivity index (χ2n) is 6.78. The molecule has 2 fully saturated rings. The standard InChI is InChI=1S/C14H21BN2O4S/c1-13(2)14(3,4)21-15(20-13)11-6-7-12(16-10-11)17-8-5-9-22(17,18)19/h6-7,10H,5,8-9H2,1-4H3. The predicted molar refractivity (Wildman–Crippen MR) is 85.7 cm³/mol. The largest absolute Gasteiger partial charge is 0.496 e. The fraction of sp³-hybridized carbons (Fsp3) is 0.643. The van der Waals surface area contributed by atoms with Crippen LogP contribution in [0.4, 0.5) is 5.82 Å². The van der Waals surface area contributed by atoms with Gasteiger partial charge >= 0.3 is 7.12 Å². The number of aromatic nitrogens is 1. The van der Waals surface area contributed by atoms with Crippen molar-refractivity contribution in [3.63, 3.8) is 0 Å². The minimum atomic E-state index is -3.20. The lowest BCUT2D eigenvalue weighted by Gasteiger charge is -2.32. The van der Waals surface area contributed by atoms with E-state index in [1.165, 1.54) is 4.31 Å². The zero-order chi connectivity index (χ0) is 16.2. The molecule has 1 aromatic heterocycles. The molecule has 0 N–H and O–H groups in total. The molecule has 2 saturated heterocycles. The minimum absolute atomic E-state index is 0.188. The lowest BCUT2D eigenvalue weighted by molar-refractivity contribution is 0.00578. The summed E-state index contributed by atoms with van der Waals surface area (Å²) in [5.41, 5.74) is -0.0255. The molecular formula is C14H21BN2O4S. The number of hydrogen-bond acceptors (Lipinski definition) is 5. The first-order valence-electron chi connectivity index (χ1n) is 7.44. The van der Waals surface area contributed by atoms with E-state index >= 15 is 0 Å². The molecule has 0 bridgehead atoms. The van der Waals surface area contributed by atoms with Crippen molar-refractivity contribution in [3.8, 4) is 0 Å². The molecule has 3 rings (SSSR count). The highest BCUT2D eigenvalue weighted by Gasteiger charge is 2.51. The molecule has 8 heteroatoms. The smallest absolute Gasteiger partial charge is 0.399 e.